The summed E-state index contributed by atoms with van der Waals surface area (Å²) in [5.41, 5.74) is 7.18. The third-order valence-corrected chi connectivity index (χ3v) is 3.47. The Hall–Kier alpha value is -1.22. The van der Waals surface area contributed by atoms with E-state index in [0.717, 1.165) is 30.8 Å². The number of halogens is 1. The van der Waals surface area contributed by atoms with Crippen molar-refractivity contribution < 1.29 is 4.74 Å². The number of ether oxygens (including phenoxy) is 1. The van der Waals surface area contributed by atoms with Crippen LogP contribution < -0.4 is 10.5 Å². The monoisotopic (exact) mass is 282 g/mol. The van der Waals surface area contributed by atoms with Gasteiger partial charge in [-0.15, -0.1) is 12.4 Å². The standard InChI is InChI=1S/C15H22N2O.ClH/c1-18-14-7-4-5-12(11-14)9-10-13-6-2-3-8-15(16)17-13;/h4-5,7,11,13H,2-3,6,8-10H2,1H3,(H2,16,17);1H. The first kappa shape index (κ1) is 15.8. The fraction of sp³-hybridized carbons (Fsp3) is 0.533. The van der Waals surface area contributed by atoms with Gasteiger partial charge in [0.25, 0.3) is 0 Å². The summed E-state index contributed by atoms with van der Waals surface area (Å²) in [5, 5.41) is 0. The third kappa shape index (κ3) is 5.11. The van der Waals surface area contributed by atoms with Crippen molar-refractivity contribution in [3.8, 4) is 5.75 Å². The summed E-state index contributed by atoms with van der Waals surface area (Å²) < 4.78 is 5.24. The molecule has 1 atom stereocenters. The van der Waals surface area contributed by atoms with E-state index in [-0.39, 0.29) is 12.4 Å². The van der Waals surface area contributed by atoms with Crippen LogP contribution >= 0.6 is 12.4 Å². The lowest BCUT2D eigenvalue weighted by Crippen LogP contribution is -2.14. The molecule has 2 N–H and O–H groups in total. The van der Waals surface area contributed by atoms with Crippen molar-refractivity contribution in [2.45, 2.75) is 44.6 Å². The van der Waals surface area contributed by atoms with Gasteiger partial charge in [-0.05, 0) is 43.4 Å². The average molecular weight is 283 g/mol. The van der Waals surface area contributed by atoms with Crippen LogP contribution in [0.4, 0.5) is 0 Å². The number of benzene rings is 1. The fourth-order valence-electron chi connectivity index (χ4n) is 2.42. The molecule has 0 saturated heterocycles. The molecule has 3 nitrogen and oxygen atoms in total. The Kier molecular flexibility index (Phi) is 6.71. The molecule has 0 spiro atoms. The van der Waals surface area contributed by atoms with Crippen LogP contribution in [-0.4, -0.2) is 19.0 Å². The van der Waals surface area contributed by atoms with Crippen LogP contribution in [0, 0.1) is 0 Å². The van der Waals surface area contributed by atoms with Crippen LogP contribution in [0.25, 0.3) is 0 Å². The van der Waals surface area contributed by atoms with Crippen molar-refractivity contribution in [2.24, 2.45) is 10.7 Å². The lowest BCUT2D eigenvalue weighted by molar-refractivity contribution is 0.414. The molecule has 0 aliphatic carbocycles. The molecule has 0 bridgehead atoms. The highest BCUT2D eigenvalue weighted by Gasteiger charge is 2.12. The van der Waals surface area contributed by atoms with Gasteiger partial charge in [0.15, 0.2) is 0 Å². The van der Waals surface area contributed by atoms with Crippen molar-refractivity contribution in [1.29, 1.82) is 0 Å². The second kappa shape index (κ2) is 8.05. The molecular formula is C15H23ClN2O. The molecule has 19 heavy (non-hydrogen) atoms. The summed E-state index contributed by atoms with van der Waals surface area (Å²) in [5.74, 6) is 1.76. The molecule has 0 fully saturated rings. The van der Waals surface area contributed by atoms with E-state index in [9.17, 15) is 0 Å². The minimum absolute atomic E-state index is 0. The minimum Gasteiger partial charge on any atom is -0.497 e. The number of methoxy groups -OCH3 is 1. The largest absolute Gasteiger partial charge is 0.497 e. The number of amidine groups is 1. The van der Waals surface area contributed by atoms with Gasteiger partial charge in [0, 0.05) is 6.42 Å². The van der Waals surface area contributed by atoms with Crippen LogP contribution in [0.15, 0.2) is 29.3 Å². The molecule has 1 aliphatic rings. The third-order valence-electron chi connectivity index (χ3n) is 3.47. The number of rotatable bonds is 4. The maximum atomic E-state index is 5.87. The van der Waals surface area contributed by atoms with Crippen molar-refractivity contribution in [1.82, 2.24) is 0 Å². The quantitative estimate of drug-likeness (QED) is 0.921. The van der Waals surface area contributed by atoms with Crippen LogP contribution in [0.5, 0.6) is 5.75 Å². The van der Waals surface area contributed by atoms with Crippen molar-refractivity contribution in [3.05, 3.63) is 29.8 Å². The van der Waals surface area contributed by atoms with Gasteiger partial charge >= 0.3 is 0 Å². The van der Waals surface area contributed by atoms with Crippen molar-refractivity contribution in [2.75, 3.05) is 7.11 Å². The topological polar surface area (TPSA) is 47.6 Å². The smallest absolute Gasteiger partial charge is 0.119 e. The lowest BCUT2D eigenvalue weighted by atomic mass is 10.0. The zero-order valence-corrected chi connectivity index (χ0v) is 12.3. The highest BCUT2D eigenvalue weighted by molar-refractivity contribution is 5.85. The number of nitrogens with zero attached hydrogens (tertiary/aromatic N) is 1. The van der Waals surface area contributed by atoms with E-state index >= 15 is 0 Å². The van der Waals surface area contributed by atoms with Gasteiger partial charge in [0.2, 0.25) is 0 Å². The number of nitrogens with two attached hydrogens (primary N) is 1. The first-order valence-electron chi connectivity index (χ1n) is 6.73. The number of aryl methyl sites for hydroxylation is 1. The Morgan fingerprint density at radius 2 is 2.21 bits per heavy atom. The van der Waals surface area contributed by atoms with E-state index in [1.165, 1.54) is 24.8 Å². The molecule has 2 rings (SSSR count). The van der Waals surface area contributed by atoms with Gasteiger partial charge in [-0.25, -0.2) is 0 Å². The normalized spacial score (nSPS) is 19.0. The van der Waals surface area contributed by atoms with Gasteiger partial charge in [0.05, 0.1) is 19.0 Å². The highest BCUT2D eigenvalue weighted by Crippen LogP contribution is 2.19. The molecule has 1 aliphatic heterocycles. The molecule has 106 valence electrons. The Morgan fingerprint density at radius 3 is 3.00 bits per heavy atom. The maximum absolute atomic E-state index is 5.87. The second-order valence-corrected chi connectivity index (χ2v) is 4.91. The van der Waals surface area contributed by atoms with E-state index in [1.54, 1.807) is 7.11 Å². The summed E-state index contributed by atoms with van der Waals surface area (Å²) in [6.07, 6.45) is 6.69. The van der Waals surface area contributed by atoms with Crippen LogP contribution in [-0.2, 0) is 6.42 Å². The number of hydrogen-bond donors (Lipinski definition) is 1. The number of aliphatic imine (C=N–C) groups is 1. The maximum Gasteiger partial charge on any atom is 0.119 e. The predicted molar refractivity (Wildman–Crippen MR) is 82.4 cm³/mol. The second-order valence-electron chi connectivity index (χ2n) is 4.91. The predicted octanol–water partition coefficient (Wildman–Crippen LogP) is 3.35. The van der Waals surface area contributed by atoms with Gasteiger partial charge in [-0.2, -0.15) is 0 Å². The van der Waals surface area contributed by atoms with E-state index in [0.29, 0.717) is 6.04 Å². The molecular weight excluding hydrogens is 260 g/mol. The summed E-state index contributed by atoms with van der Waals surface area (Å²) >= 11 is 0. The van der Waals surface area contributed by atoms with E-state index in [2.05, 4.69) is 17.1 Å². The zero-order chi connectivity index (χ0) is 12.8. The van der Waals surface area contributed by atoms with Gasteiger partial charge in [0.1, 0.15) is 5.75 Å². The Labute approximate surface area is 121 Å². The fourth-order valence-corrected chi connectivity index (χ4v) is 2.42. The molecule has 1 aromatic rings. The molecule has 1 heterocycles. The summed E-state index contributed by atoms with van der Waals surface area (Å²) in [6, 6.07) is 8.67. The molecule has 4 heteroatoms. The zero-order valence-electron chi connectivity index (χ0n) is 11.5. The van der Waals surface area contributed by atoms with E-state index in [4.69, 9.17) is 10.5 Å². The SMILES string of the molecule is COc1cccc(CCC2CCCCC(N)=N2)c1.Cl. The average Bonchev–Trinajstić information content (AvgIpc) is 2.61. The summed E-state index contributed by atoms with van der Waals surface area (Å²) in [7, 11) is 1.70. The minimum atomic E-state index is 0. The molecule has 0 radical (unpaired) electrons. The Morgan fingerprint density at radius 1 is 1.37 bits per heavy atom. The van der Waals surface area contributed by atoms with Crippen LogP contribution in [0.1, 0.15) is 37.7 Å². The van der Waals surface area contributed by atoms with Gasteiger partial charge in [-0.3, -0.25) is 4.99 Å². The van der Waals surface area contributed by atoms with Crippen LogP contribution in [0.3, 0.4) is 0 Å². The van der Waals surface area contributed by atoms with Crippen LogP contribution in [0.2, 0.25) is 0 Å². The molecule has 1 aromatic carbocycles. The number of hydrogen-bond acceptors (Lipinski definition) is 3. The first-order chi connectivity index (χ1) is 8.78. The summed E-state index contributed by atoms with van der Waals surface area (Å²) in [4.78, 5) is 4.60. The van der Waals surface area contributed by atoms with Gasteiger partial charge < -0.3 is 10.5 Å². The first-order valence-corrected chi connectivity index (χ1v) is 6.73. The summed E-state index contributed by atoms with van der Waals surface area (Å²) in [6.45, 7) is 0. The highest BCUT2D eigenvalue weighted by atomic mass is 35.5. The molecule has 1 unspecified atom stereocenters. The van der Waals surface area contributed by atoms with E-state index < -0.39 is 0 Å². The van der Waals surface area contributed by atoms with Gasteiger partial charge in [-0.1, -0.05) is 18.6 Å². The lowest BCUT2D eigenvalue weighted by Gasteiger charge is -2.11. The van der Waals surface area contributed by atoms with Crippen molar-refractivity contribution in [3.63, 3.8) is 0 Å². The van der Waals surface area contributed by atoms with E-state index in [1.807, 2.05) is 12.1 Å². The molecule has 0 aromatic heterocycles. The Balaban J connectivity index is 0.00000180. The molecule has 0 amide bonds. The molecule has 0 saturated carbocycles. The van der Waals surface area contributed by atoms with Crippen molar-refractivity contribution >= 4 is 18.2 Å². The Bertz CT molecular complexity index is 420.